The number of oxazole rings is 1. The van der Waals surface area contributed by atoms with E-state index < -0.39 is 46.7 Å². The molecule has 0 fully saturated rings. The van der Waals surface area contributed by atoms with Crippen molar-refractivity contribution in [3.63, 3.8) is 0 Å². The molecule has 1 atom stereocenters. The van der Waals surface area contributed by atoms with E-state index in [0.29, 0.717) is 22.7 Å². The third-order valence-electron chi connectivity index (χ3n) is 3.39. The monoisotopic (exact) mass is 387 g/mol. The Morgan fingerprint density at radius 1 is 1.23 bits per heavy atom. The number of halogens is 3. The number of hydrogen-bond donors (Lipinski definition) is 2. The second kappa shape index (κ2) is 8.26. The van der Waals surface area contributed by atoms with E-state index >= 15 is 0 Å². The number of thioether (sulfide) groups is 1. The van der Waals surface area contributed by atoms with E-state index in [9.17, 15) is 22.8 Å². The third-order valence-corrected chi connectivity index (χ3v) is 4.33. The van der Waals surface area contributed by atoms with Crippen molar-refractivity contribution in [2.45, 2.75) is 31.2 Å². The van der Waals surface area contributed by atoms with Crippen LogP contribution in [0.5, 0.6) is 0 Å². The number of hydrogen-bond acceptors (Lipinski definition) is 5. The zero-order valence-corrected chi connectivity index (χ0v) is 15.0. The molecule has 0 spiro atoms. The van der Waals surface area contributed by atoms with Gasteiger partial charge in [0.2, 0.25) is 11.8 Å². The predicted molar refractivity (Wildman–Crippen MR) is 89.3 cm³/mol. The van der Waals surface area contributed by atoms with Crippen LogP contribution in [-0.4, -0.2) is 28.6 Å². The highest BCUT2D eigenvalue weighted by Crippen LogP contribution is 2.24. The number of aromatic nitrogens is 1. The molecular formula is C16H16F3N3O3S. The summed E-state index contributed by atoms with van der Waals surface area (Å²) in [5, 5.41) is 4.15. The first-order chi connectivity index (χ1) is 12.2. The smallest absolute Gasteiger partial charge is 0.256 e. The number of carbonyl (C=O) groups is 2. The van der Waals surface area contributed by atoms with Gasteiger partial charge in [0.25, 0.3) is 5.22 Å². The second-order valence-electron chi connectivity index (χ2n) is 5.37. The Bertz CT molecular complexity index is 822. The van der Waals surface area contributed by atoms with Crippen molar-refractivity contribution >= 4 is 29.3 Å². The summed E-state index contributed by atoms with van der Waals surface area (Å²) in [7, 11) is 0. The highest BCUT2D eigenvalue weighted by Gasteiger charge is 2.20. The first-order valence-corrected chi connectivity index (χ1v) is 8.38. The van der Waals surface area contributed by atoms with Gasteiger partial charge < -0.3 is 15.1 Å². The Morgan fingerprint density at radius 2 is 1.92 bits per heavy atom. The number of amides is 2. The van der Waals surface area contributed by atoms with Crippen molar-refractivity contribution < 1.29 is 27.2 Å². The molecule has 0 aliphatic heterocycles. The Labute approximate surface area is 151 Å². The summed E-state index contributed by atoms with van der Waals surface area (Å²) in [6.07, 6.45) is 0. The molecule has 1 heterocycles. The summed E-state index contributed by atoms with van der Waals surface area (Å²) in [6.45, 7) is 4.65. The fraction of sp³-hybridized carbons (Fsp3) is 0.312. The topological polar surface area (TPSA) is 84.2 Å². The maximum atomic E-state index is 13.5. The fourth-order valence-electron chi connectivity index (χ4n) is 1.83. The van der Waals surface area contributed by atoms with Crippen LogP contribution in [0, 0.1) is 31.3 Å². The maximum absolute atomic E-state index is 13.5. The summed E-state index contributed by atoms with van der Waals surface area (Å²) in [5.41, 5.74) is 0.198. The van der Waals surface area contributed by atoms with Crippen molar-refractivity contribution in [2.75, 3.05) is 11.9 Å². The Balaban J connectivity index is 1.86. The van der Waals surface area contributed by atoms with Gasteiger partial charge in [0.1, 0.15) is 5.76 Å². The zero-order chi connectivity index (χ0) is 19.4. The lowest BCUT2D eigenvalue weighted by atomic mass is 10.2. The van der Waals surface area contributed by atoms with E-state index in [1.54, 1.807) is 20.8 Å². The van der Waals surface area contributed by atoms with E-state index in [2.05, 4.69) is 15.6 Å². The predicted octanol–water partition coefficient (Wildman–Crippen LogP) is 2.94. The number of aryl methyl sites for hydroxylation is 2. The van der Waals surface area contributed by atoms with Crippen LogP contribution in [0.1, 0.15) is 18.4 Å². The Kier molecular flexibility index (Phi) is 6.30. The molecule has 0 saturated carbocycles. The minimum absolute atomic E-state index is 0.330. The van der Waals surface area contributed by atoms with Crippen LogP contribution < -0.4 is 10.6 Å². The molecule has 26 heavy (non-hydrogen) atoms. The van der Waals surface area contributed by atoms with Gasteiger partial charge in [-0.25, -0.2) is 18.2 Å². The van der Waals surface area contributed by atoms with Crippen molar-refractivity contribution in [3.8, 4) is 0 Å². The lowest BCUT2D eigenvalue weighted by Gasteiger charge is -2.11. The molecule has 6 nitrogen and oxygen atoms in total. The largest absolute Gasteiger partial charge is 0.437 e. The molecule has 0 aliphatic carbocycles. The van der Waals surface area contributed by atoms with E-state index in [4.69, 9.17) is 4.42 Å². The molecule has 140 valence electrons. The molecule has 2 N–H and O–H groups in total. The van der Waals surface area contributed by atoms with Gasteiger partial charge in [-0.05, 0) is 32.9 Å². The number of rotatable bonds is 6. The van der Waals surface area contributed by atoms with Crippen molar-refractivity contribution in [2.24, 2.45) is 0 Å². The van der Waals surface area contributed by atoms with Crippen LogP contribution in [0.2, 0.25) is 0 Å². The van der Waals surface area contributed by atoms with Gasteiger partial charge in [-0.3, -0.25) is 9.59 Å². The lowest BCUT2D eigenvalue weighted by molar-refractivity contribution is -0.123. The van der Waals surface area contributed by atoms with E-state index in [-0.39, 0.29) is 0 Å². The number of benzene rings is 1. The maximum Gasteiger partial charge on any atom is 0.256 e. The number of carbonyl (C=O) groups excluding carboxylic acids is 2. The molecule has 2 amide bonds. The van der Waals surface area contributed by atoms with Crippen molar-refractivity contribution in [1.82, 2.24) is 10.3 Å². The first kappa shape index (κ1) is 19.8. The summed E-state index contributed by atoms with van der Waals surface area (Å²) in [4.78, 5) is 27.9. The molecule has 0 radical (unpaired) electrons. The van der Waals surface area contributed by atoms with E-state index in [1.807, 2.05) is 0 Å². The molecular weight excluding hydrogens is 371 g/mol. The SMILES string of the molecule is Cc1nc(SC(C)C(=O)NCC(=O)Nc2ccc(F)c(F)c2F)oc1C. The van der Waals surface area contributed by atoms with Crippen LogP contribution in [-0.2, 0) is 9.59 Å². The number of nitrogens with zero attached hydrogens (tertiary/aromatic N) is 1. The van der Waals surface area contributed by atoms with Gasteiger partial charge in [-0.15, -0.1) is 0 Å². The minimum atomic E-state index is -1.69. The third kappa shape index (κ3) is 4.78. The lowest BCUT2D eigenvalue weighted by Crippen LogP contribution is -2.37. The van der Waals surface area contributed by atoms with Gasteiger partial charge >= 0.3 is 0 Å². The molecule has 0 bridgehead atoms. The minimum Gasteiger partial charge on any atom is -0.437 e. The molecule has 1 aromatic carbocycles. The van der Waals surface area contributed by atoms with E-state index in [1.165, 1.54) is 0 Å². The highest BCUT2D eigenvalue weighted by molar-refractivity contribution is 8.00. The molecule has 2 rings (SSSR count). The van der Waals surface area contributed by atoms with Gasteiger partial charge in [0, 0.05) is 0 Å². The summed E-state index contributed by atoms with van der Waals surface area (Å²) >= 11 is 1.08. The summed E-state index contributed by atoms with van der Waals surface area (Å²) in [6, 6.07) is 1.57. The van der Waals surface area contributed by atoms with Gasteiger partial charge in [-0.1, -0.05) is 11.8 Å². The van der Waals surface area contributed by atoms with Crippen LogP contribution in [0.4, 0.5) is 18.9 Å². The summed E-state index contributed by atoms with van der Waals surface area (Å²) in [5.74, 6) is -5.17. The fourth-order valence-corrected chi connectivity index (χ4v) is 2.68. The van der Waals surface area contributed by atoms with Gasteiger partial charge in [0.05, 0.1) is 23.2 Å². The average Bonchev–Trinajstić information content (AvgIpc) is 2.90. The Hall–Kier alpha value is -2.49. The Morgan fingerprint density at radius 3 is 2.54 bits per heavy atom. The van der Waals surface area contributed by atoms with E-state index in [0.717, 1.165) is 17.8 Å². The molecule has 2 aromatic rings. The molecule has 0 aliphatic rings. The standard InChI is InChI=1S/C16H16F3N3O3S/c1-7-8(2)25-16(21-7)26-9(3)15(24)20-6-12(23)22-11-5-4-10(17)13(18)14(11)19/h4-5,9H,6H2,1-3H3,(H,20,24)(H,22,23). The molecule has 1 unspecified atom stereocenters. The first-order valence-electron chi connectivity index (χ1n) is 7.50. The normalized spacial score (nSPS) is 11.9. The molecule has 10 heteroatoms. The van der Waals surface area contributed by atoms with Crippen LogP contribution in [0.3, 0.4) is 0 Å². The van der Waals surface area contributed by atoms with Crippen LogP contribution in [0.25, 0.3) is 0 Å². The highest BCUT2D eigenvalue weighted by atomic mass is 32.2. The zero-order valence-electron chi connectivity index (χ0n) is 14.2. The van der Waals surface area contributed by atoms with Crippen molar-refractivity contribution in [3.05, 3.63) is 41.0 Å². The van der Waals surface area contributed by atoms with Gasteiger partial charge in [-0.2, -0.15) is 0 Å². The molecule has 1 aromatic heterocycles. The number of nitrogens with one attached hydrogen (secondary N) is 2. The molecule has 0 saturated heterocycles. The van der Waals surface area contributed by atoms with Gasteiger partial charge in [0.15, 0.2) is 17.5 Å². The number of anilines is 1. The average molecular weight is 387 g/mol. The quantitative estimate of drug-likeness (QED) is 0.588. The summed E-state index contributed by atoms with van der Waals surface area (Å²) < 4.78 is 44.8. The second-order valence-corrected chi connectivity index (χ2v) is 6.66. The van der Waals surface area contributed by atoms with Crippen LogP contribution >= 0.6 is 11.8 Å². The van der Waals surface area contributed by atoms with Crippen molar-refractivity contribution in [1.29, 1.82) is 0 Å². The van der Waals surface area contributed by atoms with Crippen LogP contribution in [0.15, 0.2) is 21.8 Å².